The second kappa shape index (κ2) is 10.9. The average molecular weight is 281 g/mol. The van der Waals surface area contributed by atoms with Gasteiger partial charge < -0.3 is 33.3 Å². The Morgan fingerprint density at radius 3 is 2.62 bits per heavy atom. The van der Waals surface area contributed by atoms with Gasteiger partial charge in [0.2, 0.25) is 0 Å². The van der Waals surface area contributed by atoms with Crippen molar-refractivity contribution in [3.8, 4) is 0 Å². The number of carbonyl (C=O) groups excluding carboxylic acids is 2. The van der Waals surface area contributed by atoms with E-state index >= 15 is 0 Å². The molecule has 0 aromatic carbocycles. The van der Waals surface area contributed by atoms with E-state index in [0.29, 0.717) is 12.8 Å². The van der Waals surface area contributed by atoms with Gasteiger partial charge in [-0.15, -0.1) is 0 Å². The van der Waals surface area contributed by atoms with E-state index < -0.39 is 12.0 Å². The number of esters is 1. The molecule has 2 N–H and O–H groups in total. The molecule has 0 saturated carbocycles. The molecule has 0 radical (unpaired) electrons. The molecule has 0 rings (SSSR count). The van der Waals surface area contributed by atoms with Gasteiger partial charge in [0, 0.05) is 0 Å². The van der Waals surface area contributed by atoms with Gasteiger partial charge in [-0.2, -0.15) is 6.42 Å². The molecule has 0 heterocycles. The molecular weight excluding hydrogens is 264 g/mol. The zero-order valence-electron chi connectivity index (χ0n) is 9.57. The molecule has 16 heavy (non-hydrogen) atoms. The molecule has 1 atom stereocenters. The van der Waals surface area contributed by atoms with E-state index in [1.165, 1.54) is 13.5 Å². The first-order chi connectivity index (χ1) is 7.13. The van der Waals surface area contributed by atoms with Gasteiger partial charge >= 0.3 is 25.4 Å². The molecule has 0 fully saturated rings. The minimum atomic E-state index is -0.592. The number of unbranched alkanes of at least 4 members (excludes halogenated alkanes) is 1. The molecule has 0 bridgehead atoms. The Morgan fingerprint density at radius 1 is 1.56 bits per heavy atom. The Bertz CT molecular complexity index is 211. The van der Waals surface area contributed by atoms with E-state index in [-0.39, 0.29) is 38.4 Å². The van der Waals surface area contributed by atoms with Gasteiger partial charge in [0.05, 0.1) is 32.1 Å². The number of amides is 1. The number of rotatable bonds is 7. The zero-order valence-corrected chi connectivity index (χ0v) is 12.5. The van der Waals surface area contributed by atoms with E-state index in [9.17, 15) is 9.59 Å². The number of hydrogen-bond acceptors (Lipinski definition) is 4. The molecule has 0 aliphatic carbocycles. The first-order valence-electron chi connectivity index (χ1n) is 4.74. The van der Waals surface area contributed by atoms with Crippen LogP contribution in [0.3, 0.4) is 0 Å². The van der Waals surface area contributed by atoms with Crippen LogP contribution in [0, 0.1) is 13.3 Å². The van der Waals surface area contributed by atoms with E-state index in [1.54, 1.807) is 0 Å². The molecule has 5 nitrogen and oxygen atoms in total. The van der Waals surface area contributed by atoms with Gasteiger partial charge in [0.15, 0.2) is 0 Å². The Kier molecular flexibility index (Phi) is 12.1. The minimum Gasteiger partial charge on any atom is -0.469 e. The van der Waals surface area contributed by atoms with Crippen molar-refractivity contribution in [1.29, 1.82) is 0 Å². The summed E-state index contributed by atoms with van der Waals surface area (Å²) in [7, 11) is 1.26. The predicted molar refractivity (Wildman–Crippen MR) is 54.5 cm³/mol. The summed E-state index contributed by atoms with van der Waals surface area (Å²) >= 11 is 0. The summed E-state index contributed by atoms with van der Waals surface area (Å²) in [6, 6.07) is -0.592. The van der Waals surface area contributed by atoms with Gasteiger partial charge in [0.25, 0.3) is 0 Å². The fourth-order valence-corrected chi connectivity index (χ4v) is 0.939. The smallest absolute Gasteiger partial charge is 0.469 e. The maximum absolute atomic E-state index is 11.2. The third-order valence-corrected chi connectivity index (χ3v) is 1.74. The van der Waals surface area contributed by atoms with Crippen LogP contribution < -0.4 is 5.32 Å². The molecule has 1 amide bonds. The van der Waals surface area contributed by atoms with Crippen LogP contribution in [0.15, 0.2) is 0 Å². The number of aliphatic hydroxyl groups is 1. The number of methoxy groups -OCH3 is 1. The summed E-state index contributed by atoms with van der Waals surface area (Å²) < 4.78 is 4.42. The molecule has 0 aromatic heterocycles. The Labute approximate surface area is 109 Å². The zero-order chi connectivity index (χ0) is 11.7. The summed E-state index contributed by atoms with van der Waals surface area (Å²) in [6.45, 7) is 3.29. The molecular formula is C10H17NO4Zn. The van der Waals surface area contributed by atoms with Crippen molar-refractivity contribution in [3.05, 3.63) is 13.3 Å². The molecule has 6 heteroatoms. The van der Waals surface area contributed by atoms with Crippen LogP contribution >= 0.6 is 0 Å². The van der Waals surface area contributed by atoms with Gasteiger partial charge in [-0.25, -0.2) is 6.42 Å². The summed E-state index contributed by atoms with van der Waals surface area (Å²) in [4.78, 5) is 22.1. The Balaban J connectivity index is 0. The average Bonchev–Trinajstić information content (AvgIpc) is 2.25. The predicted octanol–water partition coefficient (Wildman–Crippen LogP) is -0.157. The fourth-order valence-electron chi connectivity index (χ4n) is 0.939. The van der Waals surface area contributed by atoms with E-state index in [0.717, 1.165) is 0 Å². The van der Waals surface area contributed by atoms with Crippen LogP contribution in [0.25, 0.3) is 0 Å². The van der Waals surface area contributed by atoms with Crippen LogP contribution in [0.5, 0.6) is 0 Å². The van der Waals surface area contributed by atoms with Crippen LogP contribution in [0.1, 0.15) is 19.3 Å². The Hall–Kier alpha value is -0.607. The van der Waals surface area contributed by atoms with Crippen molar-refractivity contribution in [2.45, 2.75) is 25.3 Å². The maximum Gasteiger partial charge on any atom is 2.00 e. The number of aliphatic hydroxyl groups excluding tert-OH is 1. The number of carbonyl (C=O) groups is 2. The van der Waals surface area contributed by atoms with Crippen LogP contribution in [0.4, 0.5) is 0 Å². The van der Waals surface area contributed by atoms with Crippen molar-refractivity contribution in [1.82, 2.24) is 5.32 Å². The topological polar surface area (TPSA) is 75.6 Å². The van der Waals surface area contributed by atoms with Crippen molar-refractivity contribution in [2.24, 2.45) is 0 Å². The molecule has 0 aliphatic rings. The van der Waals surface area contributed by atoms with Crippen molar-refractivity contribution in [2.75, 3.05) is 13.7 Å². The van der Waals surface area contributed by atoms with Crippen molar-refractivity contribution in [3.63, 3.8) is 0 Å². The van der Waals surface area contributed by atoms with Gasteiger partial charge in [-0.3, -0.25) is 4.79 Å². The number of hydrogen-bond donors (Lipinski definition) is 2. The first kappa shape index (κ1) is 17.8. The van der Waals surface area contributed by atoms with E-state index in [2.05, 4.69) is 17.0 Å². The Morgan fingerprint density at radius 2 is 2.19 bits per heavy atom. The SMILES string of the molecule is [CH2-]CC[CH-]C(=O)NC(CO)CC(=O)OC.[Zn+2]. The number of nitrogens with one attached hydrogen (secondary N) is 1. The summed E-state index contributed by atoms with van der Waals surface area (Å²) in [5, 5.41) is 11.4. The molecule has 0 aromatic rings. The summed E-state index contributed by atoms with van der Waals surface area (Å²) in [5.41, 5.74) is 0. The van der Waals surface area contributed by atoms with Crippen molar-refractivity contribution >= 4 is 11.9 Å². The third kappa shape index (κ3) is 8.68. The quantitative estimate of drug-likeness (QED) is 0.386. The van der Waals surface area contributed by atoms with Gasteiger partial charge in [-0.05, 0) is 0 Å². The summed E-state index contributed by atoms with van der Waals surface area (Å²) in [6.07, 6.45) is 2.61. The normalized spacial score (nSPS) is 10.9. The van der Waals surface area contributed by atoms with E-state index in [4.69, 9.17) is 5.11 Å². The van der Waals surface area contributed by atoms with Gasteiger partial charge in [0.1, 0.15) is 0 Å². The standard InChI is InChI=1S/C10H17NO4.Zn/c1-3-4-5-9(13)11-8(7-12)6-10(14)15-2;/h5,8,12H,1,3-4,6-7H2,2H3,(H,11,13);/q-2;+2. The number of ether oxygens (including phenoxy) is 1. The summed E-state index contributed by atoms with van der Waals surface area (Å²) in [5.74, 6) is -0.770. The van der Waals surface area contributed by atoms with E-state index in [1.807, 2.05) is 0 Å². The van der Waals surface area contributed by atoms with Crippen LogP contribution in [0.2, 0.25) is 0 Å². The van der Waals surface area contributed by atoms with Crippen LogP contribution in [-0.4, -0.2) is 36.7 Å². The minimum absolute atomic E-state index is 0. The second-order valence-electron chi connectivity index (χ2n) is 3.01. The maximum atomic E-state index is 11.2. The molecule has 1 unspecified atom stereocenters. The molecule has 0 saturated heterocycles. The first-order valence-corrected chi connectivity index (χ1v) is 4.74. The molecule has 88 valence electrons. The molecule has 0 spiro atoms. The third-order valence-electron chi connectivity index (χ3n) is 1.74. The fraction of sp³-hybridized carbons (Fsp3) is 0.600. The second-order valence-corrected chi connectivity index (χ2v) is 3.01. The largest absolute Gasteiger partial charge is 2.00 e. The monoisotopic (exact) mass is 279 g/mol. The van der Waals surface area contributed by atoms with Crippen molar-refractivity contribution < 1.29 is 38.9 Å². The van der Waals surface area contributed by atoms with Crippen LogP contribution in [-0.2, 0) is 33.8 Å². The molecule has 0 aliphatic heterocycles. The van der Waals surface area contributed by atoms with Gasteiger partial charge in [-0.1, -0.05) is 0 Å².